The zero-order chi connectivity index (χ0) is 36.8. The average Bonchev–Trinajstić information content (AvgIpc) is 3.76. The van der Waals surface area contributed by atoms with Gasteiger partial charge in [0, 0.05) is 36.8 Å². The molecule has 2 aromatic carbocycles. The van der Waals surface area contributed by atoms with Crippen molar-refractivity contribution in [2.75, 3.05) is 24.9 Å². The minimum absolute atomic E-state index is 0.241. The Morgan fingerprint density at radius 1 is 0.654 bits per heavy atom. The van der Waals surface area contributed by atoms with E-state index in [1.807, 2.05) is 0 Å². The number of anilines is 2. The van der Waals surface area contributed by atoms with Crippen LogP contribution in [0.15, 0.2) is 73.3 Å². The second-order valence-corrected chi connectivity index (χ2v) is 12.0. The van der Waals surface area contributed by atoms with Crippen molar-refractivity contribution in [1.82, 2.24) is 19.4 Å². The number of amides is 2. The third-order valence-electron chi connectivity index (χ3n) is 8.83. The van der Waals surface area contributed by atoms with E-state index in [-0.39, 0.29) is 35.8 Å². The summed E-state index contributed by atoms with van der Waals surface area (Å²) in [6, 6.07) is 13.1. The van der Waals surface area contributed by atoms with Crippen LogP contribution in [0.5, 0.6) is 0 Å². The average molecular weight is 711 g/mol. The summed E-state index contributed by atoms with van der Waals surface area (Å²) in [5, 5.41) is 5.60. The smallest absolute Gasteiger partial charge is 0.356 e. The number of carbonyl (C=O) groups is 6. The lowest BCUT2D eigenvalue weighted by molar-refractivity contribution is -0.141. The summed E-state index contributed by atoms with van der Waals surface area (Å²) in [4.78, 5) is 94.7. The Morgan fingerprint density at radius 3 is 1.46 bits per heavy atom. The van der Waals surface area contributed by atoms with E-state index in [9.17, 15) is 28.8 Å². The Kier molecular flexibility index (Phi) is 10.5. The number of ether oxygens (including phenoxy) is 2. The Balaban J connectivity index is 0.996. The van der Waals surface area contributed by atoms with Crippen LogP contribution in [0.3, 0.4) is 0 Å². The number of fused-ring (bicyclic) bond motifs is 2. The molecule has 0 saturated heterocycles. The molecular weight excluding hydrogens is 676 g/mol. The van der Waals surface area contributed by atoms with E-state index in [1.54, 1.807) is 48.5 Å². The fourth-order valence-corrected chi connectivity index (χ4v) is 6.16. The maximum Gasteiger partial charge on any atom is 0.356 e. The van der Waals surface area contributed by atoms with Crippen molar-refractivity contribution in [3.05, 3.63) is 107 Å². The fraction of sp³-hybridized carbons (Fsp3) is 0.278. The molecule has 2 heterocycles. The Labute approximate surface area is 296 Å². The molecule has 4 aromatic rings. The lowest BCUT2D eigenvalue weighted by Crippen LogP contribution is -2.30. The van der Waals surface area contributed by atoms with Gasteiger partial charge in [0.15, 0.2) is 0 Å². The first-order valence-electron chi connectivity index (χ1n) is 16.3. The SMILES string of the molecule is COC(=O)c1ccccc1NC(=O)C1CCc2c(ncn2OC(=O)/C=C/C(=O)On2cnc3c2CCC(C(=O)Nc2ccccc2C(=O)OC)C3)C1. The molecule has 0 radical (unpaired) electrons. The molecule has 0 saturated carbocycles. The Hall–Kier alpha value is -6.58. The maximum absolute atomic E-state index is 13.0. The van der Waals surface area contributed by atoms with Crippen molar-refractivity contribution in [3.63, 3.8) is 0 Å². The van der Waals surface area contributed by atoms with Gasteiger partial charge < -0.3 is 29.8 Å². The monoisotopic (exact) mass is 710 g/mol. The molecule has 2 atom stereocenters. The highest BCUT2D eigenvalue weighted by molar-refractivity contribution is 6.03. The molecule has 2 amide bonds. The first-order valence-corrected chi connectivity index (χ1v) is 16.3. The van der Waals surface area contributed by atoms with Crippen LogP contribution in [0.25, 0.3) is 0 Å². The molecule has 2 aliphatic carbocycles. The van der Waals surface area contributed by atoms with Gasteiger partial charge in [0.1, 0.15) is 12.7 Å². The lowest BCUT2D eigenvalue weighted by Gasteiger charge is -2.22. The van der Waals surface area contributed by atoms with Gasteiger partial charge in [-0.3, -0.25) is 9.59 Å². The molecule has 2 N–H and O–H groups in total. The van der Waals surface area contributed by atoms with Crippen molar-refractivity contribution >= 4 is 47.1 Å². The molecule has 6 rings (SSSR count). The first kappa shape index (κ1) is 35.3. The van der Waals surface area contributed by atoms with Crippen LogP contribution < -0.4 is 20.3 Å². The Bertz CT molecular complexity index is 1940. The number of nitrogens with zero attached hydrogens (tertiary/aromatic N) is 4. The van der Waals surface area contributed by atoms with Crippen LogP contribution in [-0.4, -0.2) is 69.3 Å². The molecule has 52 heavy (non-hydrogen) atoms. The van der Waals surface area contributed by atoms with Crippen molar-refractivity contribution < 1.29 is 47.9 Å². The van der Waals surface area contributed by atoms with Gasteiger partial charge in [-0.15, -0.1) is 0 Å². The first-order chi connectivity index (χ1) is 25.1. The molecule has 2 aliphatic rings. The molecule has 2 aromatic heterocycles. The van der Waals surface area contributed by atoms with Crippen LogP contribution in [0.2, 0.25) is 0 Å². The number of para-hydroxylation sites is 2. The highest BCUT2D eigenvalue weighted by Gasteiger charge is 2.31. The molecule has 2 unspecified atom stereocenters. The number of aromatic nitrogens is 4. The maximum atomic E-state index is 13.0. The second-order valence-electron chi connectivity index (χ2n) is 12.0. The summed E-state index contributed by atoms with van der Waals surface area (Å²) in [5.41, 5.74) is 3.57. The number of hydrogen-bond acceptors (Lipinski definition) is 12. The van der Waals surface area contributed by atoms with Crippen LogP contribution in [0, 0.1) is 11.8 Å². The quantitative estimate of drug-likeness (QED) is 0.180. The number of methoxy groups -OCH3 is 2. The van der Waals surface area contributed by atoms with Crippen molar-refractivity contribution in [2.45, 2.75) is 38.5 Å². The molecule has 16 heteroatoms. The molecule has 16 nitrogen and oxygen atoms in total. The largest absolute Gasteiger partial charge is 0.465 e. The zero-order valence-corrected chi connectivity index (χ0v) is 28.2. The zero-order valence-electron chi connectivity index (χ0n) is 28.2. The fourth-order valence-electron chi connectivity index (χ4n) is 6.16. The van der Waals surface area contributed by atoms with Crippen LogP contribution >= 0.6 is 0 Å². The van der Waals surface area contributed by atoms with Gasteiger partial charge in [0.2, 0.25) is 11.8 Å². The van der Waals surface area contributed by atoms with Gasteiger partial charge in [0.25, 0.3) is 0 Å². The van der Waals surface area contributed by atoms with E-state index in [4.69, 9.17) is 19.1 Å². The van der Waals surface area contributed by atoms with Gasteiger partial charge in [-0.1, -0.05) is 24.3 Å². The number of imidazole rings is 2. The summed E-state index contributed by atoms with van der Waals surface area (Å²) >= 11 is 0. The number of rotatable bonds is 10. The molecule has 0 aliphatic heterocycles. The normalized spacial score (nSPS) is 16.2. The van der Waals surface area contributed by atoms with E-state index in [2.05, 4.69) is 20.6 Å². The third kappa shape index (κ3) is 7.75. The topological polar surface area (TPSA) is 199 Å². The Morgan fingerprint density at radius 2 is 1.06 bits per heavy atom. The lowest BCUT2D eigenvalue weighted by atomic mass is 9.89. The van der Waals surface area contributed by atoms with Crippen LogP contribution in [-0.2, 0) is 54.3 Å². The van der Waals surface area contributed by atoms with Gasteiger partial charge in [-0.2, -0.15) is 9.46 Å². The molecule has 0 fully saturated rings. The van der Waals surface area contributed by atoms with Crippen molar-refractivity contribution in [3.8, 4) is 0 Å². The number of benzene rings is 2. The summed E-state index contributed by atoms with van der Waals surface area (Å²) in [6.07, 6.45) is 6.72. The molecule has 0 spiro atoms. The van der Waals surface area contributed by atoms with E-state index in [0.29, 0.717) is 59.8 Å². The van der Waals surface area contributed by atoms with Gasteiger partial charge >= 0.3 is 23.9 Å². The van der Waals surface area contributed by atoms with Gasteiger partial charge in [-0.25, -0.2) is 29.1 Å². The van der Waals surface area contributed by atoms with E-state index < -0.39 is 35.7 Å². The highest BCUT2D eigenvalue weighted by Crippen LogP contribution is 2.28. The van der Waals surface area contributed by atoms with Crippen molar-refractivity contribution in [1.29, 1.82) is 0 Å². The van der Waals surface area contributed by atoms with E-state index in [1.165, 1.54) is 36.3 Å². The predicted octanol–water partition coefficient (Wildman–Crippen LogP) is 2.31. The van der Waals surface area contributed by atoms with Crippen LogP contribution in [0.1, 0.15) is 56.3 Å². The number of esters is 2. The summed E-state index contributed by atoms with van der Waals surface area (Å²) in [5.74, 6) is -4.26. The molecular formula is C36H34N6O10. The predicted molar refractivity (Wildman–Crippen MR) is 181 cm³/mol. The third-order valence-corrected chi connectivity index (χ3v) is 8.83. The number of hydrogen-bond donors (Lipinski definition) is 2. The standard InChI is InChI=1S/C36H34N6O10/c1-49-35(47)23-7-3-5-9-25(23)39-33(45)21-11-13-29-27(17-21)37-19-41(29)51-31(43)15-16-32(44)52-42-20-38-28-18-22(12-14-30(28)42)34(46)40-26-10-6-4-8-24(26)36(48)50-2/h3-10,15-16,19-22H,11-14,17-18H2,1-2H3,(H,39,45)(H,40,46)/b16-15+. The van der Waals surface area contributed by atoms with E-state index >= 15 is 0 Å². The highest BCUT2D eigenvalue weighted by atomic mass is 16.7. The number of carbonyl (C=O) groups excluding carboxylic acids is 6. The van der Waals surface area contributed by atoms with Crippen LogP contribution in [0.4, 0.5) is 11.4 Å². The number of nitrogens with one attached hydrogen (secondary N) is 2. The molecule has 0 bridgehead atoms. The molecule has 268 valence electrons. The van der Waals surface area contributed by atoms with Gasteiger partial charge in [-0.05, 0) is 49.9 Å². The van der Waals surface area contributed by atoms with Crippen molar-refractivity contribution in [2.24, 2.45) is 11.8 Å². The second kappa shape index (κ2) is 15.5. The minimum atomic E-state index is -0.855. The van der Waals surface area contributed by atoms with E-state index in [0.717, 1.165) is 12.2 Å². The summed E-state index contributed by atoms with van der Waals surface area (Å²) < 4.78 is 12.0. The minimum Gasteiger partial charge on any atom is -0.465 e. The van der Waals surface area contributed by atoms with Gasteiger partial charge in [0.05, 0.1) is 59.5 Å². The summed E-state index contributed by atoms with van der Waals surface area (Å²) in [6.45, 7) is 0. The summed E-state index contributed by atoms with van der Waals surface area (Å²) in [7, 11) is 2.53.